The number of carbonyl (C=O) groups is 1. The van der Waals surface area contributed by atoms with Crippen LogP contribution in [0.15, 0.2) is 48.5 Å². The Bertz CT molecular complexity index is 1000. The van der Waals surface area contributed by atoms with Crippen LogP contribution in [0.3, 0.4) is 0 Å². The quantitative estimate of drug-likeness (QED) is 0.517. The summed E-state index contributed by atoms with van der Waals surface area (Å²) in [4.78, 5) is 26.4. The fourth-order valence-corrected chi connectivity index (χ4v) is 2.73. The predicted molar refractivity (Wildman–Crippen MR) is 103 cm³/mol. The summed E-state index contributed by atoms with van der Waals surface area (Å²) in [6, 6.07) is 14.1. The van der Waals surface area contributed by atoms with E-state index in [2.05, 4.69) is 20.4 Å². The van der Waals surface area contributed by atoms with Crippen molar-refractivity contribution in [3.8, 4) is 0 Å². The molecule has 8 nitrogen and oxygen atoms in total. The highest BCUT2D eigenvalue weighted by Crippen LogP contribution is 2.30. The van der Waals surface area contributed by atoms with Crippen molar-refractivity contribution < 1.29 is 14.5 Å². The summed E-state index contributed by atoms with van der Waals surface area (Å²) >= 11 is 0. The maximum Gasteiger partial charge on any atom is 0.411 e. The molecule has 2 aromatic carbocycles. The first-order valence-corrected chi connectivity index (χ1v) is 8.20. The molecule has 3 aromatic rings. The minimum Gasteiger partial charge on any atom is -0.453 e. The highest BCUT2D eigenvalue weighted by Gasteiger charge is 2.15. The maximum absolute atomic E-state index is 11.3. The van der Waals surface area contributed by atoms with E-state index in [1.54, 1.807) is 31.2 Å². The Morgan fingerprint density at radius 2 is 1.96 bits per heavy atom. The second-order valence-corrected chi connectivity index (χ2v) is 5.91. The number of nitro groups is 1. The summed E-state index contributed by atoms with van der Waals surface area (Å²) in [5.41, 5.74) is 3.43. The van der Waals surface area contributed by atoms with Crippen molar-refractivity contribution in [2.45, 2.75) is 13.5 Å². The molecule has 0 aliphatic carbocycles. The van der Waals surface area contributed by atoms with Gasteiger partial charge in [-0.3, -0.25) is 15.4 Å². The first-order chi connectivity index (χ1) is 13.0. The number of para-hydroxylation sites is 1. The lowest BCUT2D eigenvalue weighted by molar-refractivity contribution is -0.383. The van der Waals surface area contributed by atoms with Crippen LogP contribution in [0, 0.1) is 17.0 Å². The Balaban J connectivity index is 1.82. The topological polar surface area (TPSA) is 106 Å². The zero-order valence-corrected chi connectivity index (χ0v) is 14.9. The van der Waals surface area contributed by atoms with E-state index in [0.717, 1.165) is 11.3 Å². The van der Waals surface area contributed by atoms with E-state index in [9.17, 15) is 14.9 Å². The molecule has 138 valence electrons. The van der Waals surface area contributed by atoms with Crippen LogP contribution in [-0.4, -0.2) is 23.1 Å². The largest absolute Gasteiger partial charge is 0.453 e. The second-order valence-electron chi connectivity index (χ2n) is 5.91. The maximum atomic E-state index is 11.3. The standard InChI is InChI=1S/C19H18N4O4/c1-12-10-16(15-4-3-5-17(23(25)26)18(15)21-12)20-11-13-6-8-14(9-7-13)22-19(24)27-2/h3-10H,11H2,1-2H3,(H,20,21)(H,22,24). The molecule has 0 aliphatic rings. The van der Waals surface area contributed by atoms with Crippen molar-refractivity contribution >= 4 is 34.1 Å². The number of nitrogens with zero attached hydrogens (tertiary/aromatic N) is 2. The Labute approximate surface area is 155 Å². The highest BCUT2D eigenvalue weighted by atomic mass is 16.6. The molecule has 0 radical (unpaired) electrons. The van der Waals surface area contributed by atoms with E-state index in [0.29, 0.717) is 28.8 Å². The van der Waals surface area contributed by atoms with Crippen molar-refractivity contribution in [2.75, 3.05) is 17.7 Å². The van der Waals surface area contributed by atoms with Gasteiger partial charge in [0.1, 0.15) is 0 Å². The zero-order chi connectivity index (χ0) is 19.4. The fraction of sp³-hybridized carbons (Fsp3) is 0.158. The number of anilines is 2. The highest BCUT2D eigenvalue weighted by molar-refractivity contribution is 5.96. The molecule has 0 atom stereocenters. The Hall–Kier alpha value is -3.68. The number of benzene rings is 2. The molecular formula is C19H18N4O4. The predicted octanol–water partition coefficient (Wildman–Crippen LogP) is 4.24. The lowest BCUT2D eigenvalue weighted by atomic mass is 10.1. The molecule has 2 N–H and O–H groups in total. The van der Waals surface area contributed by atoms with Crippen LogP contribution in [0.5, 0.6) is 0 Å². The molecule has 0 saturated heterocycles. The summed E-state index contributed by atoms with van der Waals surface area (Å²) < 4.78 is 4.55. The van der Waals surface area contributed by atoms with Crippen LogP contribution in [0.1, 0.15) is 11.3 Å². The number of ether oxygens (including phenoxy) is 1. The van der Waals surface area contributed by atoms with Gasteiger partial charge in [0.25, 0.3) is 5.69 Å². The van der Waals surface area contributed by atoms with Crippen LogP contribution in [0.2, 0.25) is 0 Å². The van der Waals surface area contributed by atoms with Crippen LogP contribution in [0.4, 0.5) is 21.9 Å². The van der Waals surface area contributed by atoms with E-state index in [4.69, 9.17) is 0 Å². The minimum atomic E-state index is -0.527. The molecule has 27 heavy (non-hydrogen) atoms. The summed E-state index contributed by atoms with van der Waals surface area (Å²) in [5.74, 6) is 0. The van der Waals surface area contributed by atoms with E-state index < -0.39 is 11.0 Å². The number of aryl methyl sites for hydroxylation is 1. The SMILES string of the molecule is COC(=O)Nc1ccc(CNc2cc(C)nc3c([N+](=O)[O-])cccc23)cc1. The van der Waals surface area contributed by atoms with Gasteiger partial charge in [-0.1, -0.05) is 24.3 Å². The van der Waals surface area contributed by atoms with E-state index in [-0.39, 0.29) is 5.69 Å². The van der Waals surface area contributed by atoms with Crippen molar-refractivity contribution in [3.63, 3.8) is 0 Å². The number of non-ortho nitro benzene ring substituents is 1. The van der Waals surface area contributed by atoms with Crippen molar-refractivity contribution in [2.24, 2.45) is 0 Å². The van der Waals surface area contributed by atoms with Gasteiger partial charge in [0, 0.05) is 35.1 Å². The summed E-state index contributed by atoms with van der Waals surface area (Å²) in [6.07, 6.45) is -0.527. The van der Waals surface area contributed by atoms with Crippen LogP contribution in [-0.2, 0) is 11.3 Å². The third-order valence-electron chi connectivity index (χ3n) is 4.01. The van der Waals surface area contributed by atoms with Crippen LogP contribution >= 0.6 is 0 Å². The van der Waals surface area contributed by atoms with E-state index >= 15 is 0 Å². The molecular weight excluding hydrogens is 348 g/mol. The number of hydrogen-bond acceptors (Lipinski definition) is 6. The Morgan fingerprint density at radius 1 is 1.22 bits per heavy atom. The number of rotatable bonds is 5. The zero-order valence-electron chi connectivity index (χ0n) is 14.9. The second kappa shape index (κ2) is 7.69. The Morgan fingerprint density at radius 3 is 2.63 bits per heavy atom. The number of pyridine rings is 1. The number of hydrogen-bond donors (Lipinski definition) is 2. The van der Waals surface area contributed by atoms with E-state index in [1.165, 1.54) is 13.2 Å². The van der Waals surface area contributed by atoms with Gasteiger partial charge in [-0.05, 0) is 30.7 Å². The van der Waals surface area contributed by atoms with E-state index in [1.807, 2.05) is 18.2 Å². The monoisotopic (exact) mass is 366 g/mol. The van der Waals surface area contributed by atoms with Gasteiger partial charge in [-0.25, -0.2) is 9.78 Å². The molecule has 1 amide bonds. The van der Waals surface area contributed by atoms with Gasteiger partial charge in [-0.2, -0.15) is 0 Å². The third kappa shape index (κ3) is 4.12. The number of fused-ring (bicyclic) bond motifs is 1. The average molecular weight is 366 g/mol. The van der Waals surface area contributed by atoms with Crippen LogP contribution < -0.4 is 10.6 Å². The molecule has 1 aromatic heterocycles. The van der Waals surface area contributed by atoms with Gasteiger partial charge >= 0.3 is 6.09 Å². The molecule has 0 fully saturated rings. The molecule has 0 aliphatic heterocycles. The molecule has 1 heterocycles. The number of nitrogens with one attached hydrogen (secondary N) is 2. The lowest BCUT2D eigenvalue weighted by Gasteiger charge is -2.11. The van der Waals surface area contributed by atoms with Gasteiger partial charge < -0.3 is 10.1 Å². The number of amides is 1. The number of methoxy groups -OCH3 is 1. The molecule has 0 saturated carbocycles. The van der Waals surface area contributed by atoms with Crippen LogP contribution in [0.25, 0.3) is 10.9 Å². The van der Waals surface area contributed by atoms with Gasteiger partial charge in [0.2, 0.25) is 0 Å². The molecule has 0 spiro atoms. The number of nitro benzene ring substituents is 1. The van der Waals surface area contributed by atoms with Crippen molar-refractivity contribution in [3.05, 3.63) is 69.9 Å². The Kier molecular flexibility index (Phi) is 5.16. The summed E-state index contributed by atoms with van der Waals surface area (Å²) in [7, 11) is 1.30. The molecule has 3 rings (SSSR count). The van der Waals surface area contributed by atoms with Crippen molar-refractivity contribution in [1.29, 1.82) is 0 Å². The van der Waals surface area contributed by atoms with Gasteiger partial charge in [0.15, 0.2) is 5.52 Å². The minimum absolute atomic E-state index is 0.0162. The average Bonchev–Trinajstić information content (AvgIpc) is 2.66. The fourth-order valence-electron chi connectivity index (χ4n) is 2.73. The number of aromatic nitrogens is 1. The third-order valence-corrected chi connectivity index (χ3v) is 4.01. The lowest BCUT2D eigenvalue weighted by Crippen LogP contribution is -2.10. The smallest absolute Gasteiger partial charge is 0.411 e. The first kappa shape index (κ1) is 18.1. The van der Waals surface area contributed by atoms with Gasteiger partial charge in [0.05, 0.1) is 12.0 Å². The summed E-state index contributed by atoms with van der Waals surface area (Å²) in [6.45, 7) is 2.31. The molecule has 0 bridgehead atoms. The first-order valence-electron chi connectivity index (χ1n) is 8.20. The molecule has 8 heteroatoms. The van der Waals surface area contributed by atoms with Gasteiger partial charge in [-0.15, -0.1) is 0 Å². The summed E-state index contributed by atoms with van der Waals surface area (Å²) in [5, 5.41) is 17.8. The molecule has 0 unspecified atom stereocenters. The number of carbonyl (C=O) groups excluding carboxylic acids is 1. The normalized spacial score (nSPS) is 10.4. The van der Waals surface area contributed by atoms with Crippen molar-refractivity contribution in [1.82, 2.24) is 4.98 Å².